The molecule has 0 heterocycles. The van der Waals surface area contributed by atoms with Crippen LogP contribution in [0.4, 0.5) is 4.79 Å². The van der Waals surface area contributed by atoms with Gasteiger partial charge in [-0.25, -0.2) is 15.1 Å². The number of carboxylic acid groups (broad SMARTS) is 1. The number of aliphatic carboxylic acids is 1. The average Bonchev–Trinajstić information content (AvgIpc) is 2.71. The van der Waals surface area contributed by atoms with E-state index in [1.54, 1.807) is 24.3 Å². The third-order valence-electron chi connectivity index (χ3n) is 3.79. The third-order valence-corrected chi connectivity index (χ3v) is 3.79. The summed E-state index contributed by atoms with van der Waals surface area (Å²) in [4.78, 5) is 40.1. The largest absolute Gasteiger partial charge is 0.479 e. The van der Waals surface area contributed by atoms with E-state index in [-0.39, 0.29) is 13.0 Å². The molecule has 2 rings (SSSR count). The molecule has 0 radical (unpaired) electrons. The number of nitrogens with one attached hydrogen (secondary N) is 2. The molecule has 0 saturated carbocycles. The zero-order valence-electron chi connectivity index (χ0n) is 15.3. The summed E-state index contributed by atoms with van der Waals surface area (Å²) < 4.78 is 5.15. The number of alkyl carbamates (subject to hydrolysis) is 1. The van der Waals surface area contributed by atoms with Gasteiger partial charge in [-0.2, -0.15) is 0 Å². The lowest BCUT2D eigenvalue weighted by Gasteiger charge is -2.19. The zero-order chi connectivity index (χ0) is 20.4. The lowest BCUT2D eigenvalue weighted by Crippen LogP contribution is -2.49. The minimum absolute atomic E-state index is 0.0545. The quantitative estimate of drug-likeness (QED) is 0.569. The molecule has 2 aromatic carbocycles. The average molecular weight is 386 g/mol. The van der Waals surface area contributed by atoms with Crippen LogP contribution in [-0.4, -0.2) is 35.2 Å². The number of amides is 2. The third kappa shape index (κ3) is 7.08. The summed E-state index contributed by atoms with van der Waals surface area (Å²) in [6.07, 6.45) is -1.82. The summed E-state index contributed by atoms with van der Waals surface area (Å²) in [5, 5.41) is 11.3. The normalized spacial score (nSPS) is 12.5. The number of carbonyl (C=O) groups is 3. The predicted molar refractivity (Wildman–Crippen MR) is 100 cm³/mol. The summed E-state index contributed by atoms with van der Waals surface area (Å²) in [5.41, 5.74) is 3.68. The predicted octanol–water partition coefficient (Wildman–Crippen LogP) is 2.04. The summed E-state index contributed by atoms with van der Waals surface area (Å²) in [6.45, 7) is 1.33. The molecule has 0 saturated heterocycles. The van der Waals surface area contributed by atoms with Crippen LogP contribution in [0.2, 0.25) is 0 Å². The highest BCUT2D eigenvalue weighted by Crippen LogP contribution is 2.05. The van der Waals surface area contributed by atoms with Gasteiger partial charge >= 0.3 is 12.1 Å². The fourth-order valence-electron chi connectivity index (χ4n) is 2.23. The van der Waals surface area contributed by atoms with Gasteiger partial charge in [0.25, 0.3) is 5.91 Å². The van der Waals surface area contributed by atoms with Crippen molar-refractivity contribution in [2.75, 3.05) is 0 Å². The Hall–Kier alpha value is -3.39. The minimum Gasteiger partial charge on any atom is -0.479 e. The molecule has 0 aliphatic rings. The molecular weight excluding hydrogens is 364 g/mol. The maximum absolute atomic E-state index is 12.4. The summed E-state index contributed by atoms with van der Waals surface area (Å²) in [5.74, 6) is -1.91. The Morgan fingerprint density at radius 3 is 2.11 bits per heavy atom. The van der Waals surface area contributed by atoms with Crippen molar-refractivity contribution >= 4 is 18.0 Å². The van der Waals surface area contributed by atoms with Gasteiger partial charge in [0.05, 0.1) is 0 Å². The van der Waals surface area contributed by atoms with Gasteiger partial charge in [0.2, 0.25) is 0 Å². The van der Waals surface area contributed by atoms with Gasteiger partial charge < -0.3 is 15.2 Å². The highest BCUT2D eigenvalue weighted by molar-refractivity contribution is 5.85. The van der Waals surface area contributed by atoms with E-state index < -0.39 is 30.1 Å². The first-order valence-corrected chi connectivity index (χ1v) is 8.65. The minimum atomic E-state index is -1.23. The first-order valence-electron chi connectivity index (χ1n) is 8.65. The second-order valence-corrected chi connectivity index (χ2v) is 6.01. The van der Waals surface area contributed by atoms with Gasteiger partial charge in [0, 0.05) is 6.42 Å². The van der Waals surface area contributed by atoms with E-state index in [1.165, 1.54) is 6.92 Å². The first kappa shape index (κ1) is 20.9. The van der Waals surface area contributed by atoms with E-state index in [2.05, 4.69) is 10.8 Å². The number of ether oxygens (including phenoxy) is 1. The van der Waals surface area contributed by atoms with Crippen LogP contribution in [0.1, 0.15) is 18.1 Å². The molecule has 8 heteroatoms. The van der Waals surface area contributed by atoms with E-state index >= 15 is 0 Å². The lowest BCUT2D eigenvalue weighted by molar-refractivity contribution is -0.159. The molecule has 0 spiro atoms. The number of hydroxylamine groups is 1. The SMILES string of the molecule is C[C@H](ONC(=O)[C@H](Cc1ccccc1)NC(=O)OCc1ccccc1)C(=O)O. The zero-order valence-corrected chi connectivity index (χ0v) is 15.3. The highest BCUT2D eigenvalue weighted by atomic mass is 16.7. The van der Waals surface area contributed by atoms with Crippen LogP contribution in [0.5, 0.6) is 0 Å². The van der Waals surface area contributed by atoms with Crippen LogP contribution >= 0.6 is 0 Å². The number of carboxylic acids is 1. The van der Waals surface area contributed by atoms with Crippen molar-refractivity contribution in [1.82, 2.24) is 10.8 Å². The van der Waals surface area contributed by atoms with Gasteiger partial charge in [-0.05, 0) is 18.1 Å². The van der Waals surface area contributed by atoms with Crippen LogP contribution < -0.4 is 10.8 Å². The summed E-state index contributed by atoms with van der Waals surface area (Å²) in [7, 11) is 0. The molecule has 0 aliphatic heterocycles. The molecule has 2 aromatic rings. The Balaban J connectivity index is 1.97. The second kappa shape index (κ2) is 10.7. The maximum Gasteiger partial charge on any atom is 0.408 e. The molecule has 0 aromatic heterocycles. The van der Waals surface area contributed by atoms with E-state index in [0.29, 0.717) is 0 Å². The van der Waals surface area contributed by atoms with Crippen molar-refractivity contribution in [3.63, 3.8) is 0 Å². The van der Waals surface area contributed by atoms with Crippen LogP contribution in [0.25, 0.3) is 0 Å². The Bertz CT molecular complexity index is 782. The van der Waals surface area contributed by atoms with E-state index in [9.17, 15) is 14.4 Å². The number of carbonyl (C=O) groups excluding carboxylic acids is 2. The van der Waals surface area contributed by atoms with Crippen molar-refractivity contribution in [2.24, 2.45) is 0 Å². The fourth-order valence-corrected chi connectivity index (χ4v) is 2.23. The molecule has 0 aliphatic carbocycles. The first-order chi connectivity index (χ1) is 13.5. The van der Waals surface area contributed by atoms with Gasteiger partial charge in [-0.15, -0.1) is 0 Å². The van der Waals surface area contributed by atoms with Gasteiger partial charge in [0.1, 0.15) is 12.6 Å². The smallest absolute Gasteiger partial charge is 0.408 e. The van der Waals surface area contributed by atoms with Crippen LogP contribution in [0.3, 0.4) is 0 Å². The Morgan fingerprint density at radius 2 is 1.54 bits per heavy atom. The Labute approximate surface area is 162 Å². The Morgan fingerprint density at radius 1 is 0.964 bits per heavy atom. The molecule has 2 amide bonds. The molecule has 0 fully saturated rings. The van der Waals surface area contributed by atoms with Crippen molar-refractivity contribution in [3.8, 4) is 0 Å². The molecule has 2 atom stereocenters. The number of hydrogen-bond acceptors (Lipinski definition) is 5. The summed E-state index contributed by atoms with van der Waals surface area (Å²) in [6, 6.07) is 17.2. The van der Waals surface area contributed by atoms with E-state index in [4.69, 9.17) is 14.7 Å². The topological polar surface area (TPSA) is 114 Å². The van der Waals surface area contributed by atoms with E-state index in [0.717, 1.165) is 11.1 Å². The van der Waals surface area contributed by atoms with Crippen molar-refractivity contribution in [1.29, 1.82) is 0 Å². The molecule has 3 N–H and O–H groups in total. The van der Waals surface area contributed by atoms with Gasteiger partial charge in [0.15, 0.2) is 6.10 Å². The van der Waals surface area contributed by atoms with Gasteiger partial charge in [-0.3, -0.25) is 9.63 Å². The highest BCUT2D eigenvalue weighted by Gasteiger charge is 2.24. The lowest BCUT2D eigenvalue weighted by atomic mass is 10.1. The van der Waals surface area contributed by atoms with E-state index in [1.807, 2.05) is 36.4 Å². The number of benzene rings is 2. The van der Waals surface area contributed by atoms with Crippen molar-refractivity contribution < 1.29 is 29.1 Å². The Kier molecular flexibility index (Phi) is 7.98. The van der Waals surface area contributed by atoms with Crippen LogP contribution in [0, 0.1) is 0 Å². The summed E-state index contributed by atoms with van der Waals surface area (Å²) >= 11 is 0. The van der Waals surface area contributed by atoms with Crippen LogP contribution in [-0.2, 0) is 32.2 Å². The second-order valence-electron chi connectivity index (χ2n) is 6.01. The standard InChI is InChI=1S/C20H22N2O6/c1-14(19(24)25)28-22-18(23)17(12-15-8-4-2-5-9-15)21-20(26)27-13-16-10-6-3-7-11-16/h2-11,14,17H,12-13H2,1H3,(H,21,26)(H,22,23)(H,24,25)/t14-,17-/m0/s1. The molecule has 0 bridgehead atoms. The van der Waals surface area contributed by atoms with Crippen molar-refractivity contribution in [2.45, 2.75) is 32.1 Å². The van der Waals surface area contributed by atoms with Crippen LogP contribution in [0.15, 0.2) is 60.7 Å². The molecule has 8 nitrogen and oxygen atoms in total. The maximum atomic E-state index is 12.4. The van der Waals surface area contributed by atoms with Crippen molar-refractivity contribution in [3.05, 3.63) is 71.8 Å². The number of rotatable bonds is 9. The molecular formula is C20H22N2O6. The molecule has 0 unspecified atom stereocenters. The molecule has 28 heavy (non-hydrogen) atoms. The monoisotopic (exact) mass is 386 g/mol. The number of hydrogen-bond donors (Lipinski definition) is 3. The molecule has 148 valence electrons. The fraction of sp³-hybridized carbons (Fsp3) is 0.250. The van der Waals surface area contributed by atoms with Gasteiger partial charge in [-0.1, -0.05) is 60.7 Å².